The average molecular weight is 249 g/mol. The molecule has 100 valence electrons. The quantitative estimate of drug-likeness (QED) is 0.840. The Hall–Kier alpha value is -1.35. The molecule has 0 bridgehead atoms. The van der Waals surface area contributed by atoms with Gasteiger partial charge in [-0.1, -0.05) is 39.0 Å². The van der Waals surface area contributed by atoms with Crippen molar-refractivity contribution in [1.82, 2.24) is 0 Å². The lowest BCUT2D eigenvalue weighted by atomic mass is 10.1. The maximum Gasteiger partial charge on any atom is 0.253 e. The van der Waals surface area contributed by atoms with Gasteiger partial charge in [-0.3, -0.25) is 4.79 Å². The molecule has 1 aromatic rings. The fraction of sp³-hybridized carbons (Fsp3) is 0.533. The van der Waals surface area contributed by atoms with E-state index < -0.39 is 6.10 Å². The maximum absolute atomic E-state index is 12.0. The lowest BCUT2D eigenvalue weighted by Crippen LogP contribution is -2.29. The second kappa shape index (κ2) is 7.17. The van der Waals surface area contributed by atoms with Gasteiger partial charge in [0.05, 0.1) is 0 Å². The van der Waals surface area contributed by atoms with Crippen LogP contribution in [0.1, 0.15) is 33.3 Å². The number of hydrogen-bond donors (Lipinski definition) is 1. The molecule has 1 aromatic carbocycles. The average Bonchev–Trinajstić information content (AvgIpc) is 2.36. The number of ether oxygens (including phenoxy) is 1. The van der Waals surface area contributed by atoms with Gasteiger partial charge in [0.1, 0.15) is 6.10 Å². The number of benzene rings is 1. The fourth-order valence-corrected chi connectivity index (χ4v) is 1.60. The second-order valence-electron chi connectivity index (χ2n) is 4.87. The van der Waals surface area contributed by atoms with E-state index in [2.05, 4.69) is 26.1 Å². The third-order valence-corrected chi connectivity index (χ3v) is 2.70. The molecule has 1 rings (SSSR count). The highest BCUT2D eigenvalue weighted by Gasteiger charge is 2.14. The van der Waals surface area contributed by atoms with Gasteiger partial charge < -0.3 is 10.1 Å². The van der Waals surface area contributed by atoms with Crippen molar-refractivity contribution in [2.75, 3.05) is 11.9 Å². The first-order valence-electron chi connectivity index (χ1n) is 6.55. The Morgan fingerprint density at radius 3 is 2.56 bits per heavy atom. The highest BCUT2D eigenvalue weighted by atomic mass is 16.5. The van der Waals surface area contributed by atoms with Crippen molar-refractivity contribution in [1.29, 1.82) is 0 Å². The van der Waals surface area contributed by atoms with Crippen LogP contribution in [0.25, 0.3) is 0 Å². The Labute approximate surface area is 110 Å². The van der Waals surface area contributed by atoms with Crippen molar-refractivity contribution in [2.45, 2.75) is 40.2 Å². The summed E-state index contributed by atoms with van der Waals surface area (Å²) in [5.74, 6) is 0.347. The molecule has 0 saturated carbocycles. The van der Waals surface area contributed by atoms with E-state index in [0.29, 0.717) is 12.5 Å². The minimum Gasteiger partial charge on any atom is -0.368 e. The van der Waals surface area contributed by atoms with Gasteiger partial charge in [0.15, 0.2) is 0 Å². The number of carbonyl (C=O) groups is 1. The van der Waals surface area contributed by atoms with Crippen molar-refractivity contribution >= 4 is 11.6 Å². The molecule has 0 heterocycles. The van der Waals surface area contributed by atoms with Crippen molar-refractivity contribution in [3.05, 3.63) is 29.8 Å². The van der Waals surface area contributed by atoms with Gasteiger partial charge in [0, 0.05) is 12.3 Å². The molecule has 0 saturated heterocycles. The summed E-state index contributed by atoms with van der Waals surface area (Å²) in [6, 6.07) is 7.85. The van der Waals surface area contributed by atoms with Crippen LogP contribution in [-0.4, -0.2) is 18.6 Å². The predicted molar refractivity (Wildman–Crippen MR) is 74.7 cm³/mol. The lowest BCUT2D eigenvalue weighted by Gasteiger charge is -2.16. The number of carbonyl (C=O) groups excluding carboxylic acids is 1. The van der Waals surface area contributed by atoms with Gasteiger partial charge in [0.2, 0.25) is 0 Å². The SMILES string of the molecule is CCc1ccccc1NC(=O)[C@@H](C)OCC(C)C. The number of hydrogen-bond acceptors (Lipinski definition) is 2. The summed E-state index contributed by atoms with van der Waals surface area (Å²) in [5, 5.41) is 2.92. The first-order chi connectivity index (χ1) is 8.54. The molecular formula is C15H23NO2. The predicted octanol–water partition coefficient (Wildman–Crippen LogP) is 3.25. The summed E-state index contributed by atoms with van der Waals surface area (Å²) in [5.41, 5.74) is 2.02. The van der Waals surface area contributed by atoms with Crippen LogP contribution >= 0.6 is 0 Å². The number of aryl methyl sites for hydroxylation is 1. The Morgan fingerprint density at radius 1 is 1.28 bits per heavy atom. The van der Waals surface area contributed by atoms with Crippen LogP contribution in [0.4, 0.5) is 5.69 Å². The van der Waals surface area contributed by atoms with E-state index in [1.54, 1.807) is 6.92 Å². The zero-order valence-corrected chi connectivity index (χ0v) is 11.7. The molecule has 1 N–H and O–H groups in total. The van der Waals surface area contributed by atoms with Crippen LogP contribution in [-0.2, 0) is 16.0 Å². The van der Waals surface area contributed by atoms with Gasteiger partial charge >= 0.3 is 0 Å². The number of nitrogens with one attached hydrogen (secondary N) is 1. The highest BCUT2D eigenvalue weighted by Crippen LogP contribution is 2.16. The molecule has 3 heteroatoms. The number of anilines is 1. The molecule has 0 aliphatic carbocycles. The van der Waals surface area contributed by atoms with Gasteiger partial charge in [-0.25, -0.2) is 0 Å². The monoisotopic (exact) mass is 249 g/mol. The maximum atomic E-state index is 12.0. The minimum atomic E-state index is -0.419. The van der Waals surface area contributed by atoms with Crippen molar-refractivity contribution in [3.8, 4) is 0 Å². The van der Waals surface area contributed by atoms with Crippen LogP contribution in [0.3, 0.4) is 0 Å². The molecule has 0 aliphatic heterocycles. The van der Waals surface area contributed by atoms with E-state index in [9.17, 15) is 4.79 Å². The molecule has 0 spiro atoms. The first kappa shape index (κ1) is 14.7. The van der Waals surface area contributed by atoms with Crippen molar-refractivity contribution in [2.24, 2.45) is 5.92 Å². The number of amides is 1. The molecule has 3 nitrogen and oxygen atoms in total. The molecule has 18 heavy (non-hydrogen) atoms. The zero-order chi connectivity index (χ0) is 13.5. The van der Waals surface area contributed by atoms with Gasteiger partial charge in [-0.2, -0.15) is 0 Å². The Balaban J connectivity index is 2.58. The van der Waals surface area contributed by atoms with Crippen LogP contribution in [0, 0.1) is 5.92 Å². The van der Waals surface area contributed by atoms with Crippen LogP contribution in [0.15, 0.2) is 24.3 Å². The van der Waals surface area contributed by atoms with Gasteiger partial charge in [0.25, 0.3) is 5.91 Å². The molecule has 0 aromatic heterocycles. The summed E-state index contributed by atoms with van der Waals surface area (Å²) >= 11 is 0. The lowest BCUT2D eigenvalue weighted by molar-refractivity contribution is -0.126. The molecular weight excluding hydrogens is 226 g/mol. The van der Waals surface area contributed by atoms with Crippen molar-refractivity contribution < 1.29 is 9.53 Å². The third kappa shape index (κ3) is 4.49. The Bertz CT molecular complexity index is 388. The summed E-state index contributed by atoms with van der Waals surface area (Å²) in [4.78, 5) is 12.0. The molecule has 0 fully saturated rings. The Morgan fingerprint density at radius 2 is 1.94 bits per heavy atom. The largest absolute Gasteiger partial charge is 0.368 e. The minimum absolute atomic E-state index is 0.0865. The molecule has 1 atom stereocenters. The van der Waals surface area contributed by atoms with Crippen LogP contribution in [0.5, 0.6) is 0 Å². The number of para-hydroxylation sites is 1. The fourth-order valence-electron chi connectivity index (χ4n) is 1.60. The van der Waals surface area contributed by atoms with E-state index in [-0.39, 0.29) is 5.91 Å². The van der Waals surface area contributed by atoms with Crippen molar-refractivity contribution in [3.63, 3.8) is 0 Å². The van der Waals surface area contributed by atoms with E-state index >= 15 is 0 Å². The van der Waals surface area contributed by atoms with Gasteiger partial charge in [-0.15, -0.1) is 0 Å². The van der Waals surface area contributed by atoms with Gasteiger partial charge in [-0.05, 0) is 30.9 Å². The molecule has 1 amide bonds. The van der Waals surface area contributed by atoms with E-state index in [4.69, 9.17) is 4.74 Å². The Kier molecular flexibility index (Phi) is 5.86. The standard InChI is InChI=1S/C15H23NO2/c1-5-13-8-6-7-9-14(13)16-15(17)12(4)18-10-11(2)3/h6-9,11-12H,5,10H2,1-4H3,(H,16,17)/t12-/m1/s1. The number of rotatable bonds is 6. The summed E-state index contributed by atoms with van der Waals surface area (Å²) < 4.78 is 5.50. The smallest absolute Gasteiger partial charge is 0.253 e. The second-order valence-corrected chi connectivity index (χ2v) is 4.87. The molecule has 0 unspecified atom stereocenters. The van der Waals surface area contributed by atoms with Crippen LogP contribution in [0.2, 0.25) is 0 Å². The van der Waals surface area contributed by atoms with E-state index in [1.807, 2.05) is 24.3 Å². The summed E-state index contributed by atoms with van der Waals surface area (Å²) in [6.45, 7) is 8.59. The van der Waals surface area contributed by atoms with E-state index in [0.717, 1.165) is 17.7 Å². The summed E-state index contributed by atoms with van der Waals surface area (Å²) in [6.07, 6.45) is 0.481. The first-order valence-corrected chi connectivity index (χ1v) is 6.55. The normalized spacial score (nSPS) is 12.5. The zero-order valence-electron chi connectivity index (χ0n) is 11.7. The summed E-state index contributed by atoms with van der Waals surface area (Å²) in [7, 11) is 0. The molecule has 0 aliphatic rings. The third-order valence-electron chi connectivity index (χ3n) is 2.70. The van der Waals surface area contributed by atoms with E-state index in [1.165, 1.54) is 0 Å². The topological polar surface area (TPSA) is 38.3 Å². The van der Waals surface area contributed by atoms with Crippen LogP contribution < -0.4 is 5.32 Å². The highest BCUT2D eigenvalue weighted by molar-refractivity contribution is 5.94. The molecule has 0 radical (unpaired) electrons.